The van der Waals surface area contributed by atoms with Gasteiger partial charge in [0.05, 0.1) is 5.52 Å². The van der Waals surface area contributed by atoms with Crippen molar-refractivity contribution in [3.05, 3.63) is 30.3 Å². The van der Waals surface area contributed by atoms with E-state index in [2.05, 4.69) is 24.0 Å². The van der Waals surface area contributed by atoms with E-state index in [1.165, 1.54) is 25.7 Å². The number of fused-ring (bicyclic) bond motifs is 1. The minimum Gasteiger partial charge on any atom is -0.399 e. The normalized spacial score (nSPS) is 20.1. The molecule has 2 heterocycles. The number of pyridine rings is 1. The summed E-state index contributed by atoms with van der Waals surface area (Å²) in [4.78, 5) is 7.24. The van der Waals surface area contributed by atoms with Gasteiger partial charge >= 0.3 is 0 Å². The van der Waals surface area contributed by atoms with Gasteiger partial charge in [0.1, 0.15) is 5.82 Å². The lowest BCUT2D eigenvalue weighted by Crippen LogP contribution is -2.25. The fraction of sp³-hybridized carbons (Fsp3) is 0.471. The van der Waals surface area contributed by atoms with E-state index in [0.717, 1.165) is 41.4 Å². The predicted molar refractivity (Wildman–Crippen MR) is 86.0 cm³/mol. The van der Waals surface area contributed by atoms with Crippen molar-refractivity contribution in [1.82, 2.24) is 4.98 Å². The average Bonchev–Trinajstić information content (AvgIpc) is 2.72. The molecule has 1 aromatic carbocycles. The molecule has 0 amide bonds. The van der Waals surface area contributed by atoms with Crippen LogP contribution in [0.2, 0.25) is 0 Å². The van der Waals surface area contributed by atoms with Gasteiger partial charge in [0.2, 0.25) is 0 Å². The van der Waals surface area contributed by atoms with E-state index in [1.807, 2.05) is 18.2 Å². The van der Waals surface area contributed by atoms with Gasteiger partial charge in [0, 0.05) is 24.2 Å². The van der Waals surface area contributed by atoms with Crippen LogP contribution in [0.5, 0.6) is 0 Å². The molecule has 20 heavy (non-hydrogen) atoms. The van der Waals surface area contributed by atoms with E-state index < -0.39 is 0 Å². The number of nitrogens with zero attached hydrogens (tertiary/aromatic N) is 2. The first kappa shape index (κ1) is 13.2. The molecular formula is C17H23N3. The Bertz CT molecular complexity index is 594. The van der Waals surface area contributed by atoms with E-state index >= 15 is 0 Å². The molecule has 1 saturated heterocycles. The van der Waals surface area contributed by atoms with E-state index in [-0.39, 0.29) is 0 Å². The van der Waals surface area contributed by atoms with Crippen molar-refractivity contribution in [2.24, 2.45) is 5.92 Å². The molecule has 2 aromatic rings. The van der Waals surface area contributed by atoms with Gasteiger partial charge in [-0.2, -0.15) is 0 Å². The van der Waals surface area contributed by atoms with E-state index in [9.17, 15) is 0 Å². The summed E-state index contributed by atoms with van der Waals surface area (Å²) in [7, 11) is 0. The van der Waals surface area contributed by atoms with Crippen LogP contribution in [0.1, 0.15) is 32.6 Å². The van der Waals surface area contributed by atoms with Crippen molar-refractivity contribution in [2.75, 3.05) is 23.7 Å². The van der Waals surface area contributed by atoms with Gasteiger partial charge in [-0.15, -0.1) is 0 Å². The zero-order chi connectivity index (χ0) is 13.9. The zero-order valence-corrected chi connectivity index (χ0v) is 12.2. The molecule has 0 saturated carbocycles. The van der Waals surface area contributed by atoms with Crippen LogP contribution in [0.3, 0.4) is 0 Å². The highest BCUT2D eigenvalue weighted by atomic mass is 15.2. The Balaban J connectivity index is 1.84. The summed E-state index contributed by atoms with van der Waals surface area (Å²) in [6.07, 6.45) is 5.23. The lowest BCUT2D eigenvalue weighted by atomic mass is 9.98. The maximum absolute atomic E-state index is 5.82. The molecule has 2 N–H and O–H groups in total. The molecule has 1 unspecified atom stereocenters. The molecule has 106 valence electrons. The first-order valence-electron chi connectivity index (χ1n) is 7.67. The highest BCUT2D eigenvalue weighted by molar-refractivity contribution is 5.83. The fourth-order valence-corrected chi connectivity index (χ4v) is 3.11. The molecule has 3 rings (SSSR count). The minimum atomic E-state index is 0.799. The molecule has 0 radical (unpaired) electrons. The summed E-state index contributed by atoms with van der Waals surface area (Å²) < 4.78 is 0. The van der Waals surface area contributed by atoms with E-state index in [1.54, 1.807) is 0 Å². The molecule has 0 bridgehead atoms. The van der Waals surface area contributed by atoms with Crippen molar-refractivity contribution < 1.29 is 0 Å². The molecule has 0 spiro atoms. The van der Waals surface area contributed by atoms with Crippen LogP contribution >= 0.6 is 0 Å². The summed E-state index contributed by atoms with van der Waals surface area (Å²) in [6, 6.07) is 10.2. The zero-order valence-electron chi connectivity index (χ0n) is 12.2. The lowest BCUT2D eigenvalue weighted by molar-refractivity contribution is 0.459. The molecule has 3 nitrogen and oxygen atoms in total. The van der Waals surface area contributed by atoms with Gasteiger partial charge < -0.3 is 10.6 Å². The fourth-order valence-electron chi connectivity index (χ4n) is 3.11. The molecule has 1 aliphatic rings. The highest BCUT2D eigenvalue weighted by Gasteiger charge is 2.16. The van der Waals surface area contributed by atoms with E-state index in [4.69, 9.17) is 10.7 Å². The third-order valence-electron chi connectivity index (χ3n) is 4.45. The Labute approximate surface area is 120 Å². The summed E-state index contributed by atoms with van der Waals surface area (Å²) in [5.41, 5.74) is 7.65. The maximum atomic E-state index is 5.82. The quantitative estimate of drug-likeness (QED) is 0.842. The third kappa shape index (κ3) is 2.72. The number of hydrogen-bond acceptors (Lipinski definition) is 3. The molecule has 1 atom stereocenters. The molecular weight excluding hydrogens is 246 g/mol. The minimum absolute atomic E-state index is 0.799. The SMILES string of the molecule is CCC1CCCN(c2ccc3cc(N)ccc3n2)CC1. The number of rotatable bonds is 2. The number of anilines is 2. The van der Waals surface area contributed by atoms with Crippen LogP contribution in [-0.4, -0.2) is 18.1 Å². The Hall–Kier alpha value is -1.77. The maximum Gasteiger partial charge on any atom is 0.129 e. The van der Waals surface area contributed by atoms with E-state index in [0.29, 0.717) is 0 Å². The summed E-state index contributed by atoms with van der Waals surface area (Å²) >= 11 is 0. The average molecular weight is 269 g/mol. The Kier molecular flexibility index (Phi) is 3.77. The van der Waals surface area contributed by atoms with Gasteiger partial charge in [0.25, 0.3) is 0 Å². The summed E-state index contributed by atoms with van der Waals surface area (Å²) in [5, 5.41) is 1.12. The topological polar surface area (TPSA) is 42.1 Å². The molecule has 1 aromatic heterocycles. The number of benzene rings is 1. The van der Waals surface area contributed by atoms with Gasteiger partial charge in [-0.1, -0.05) is 13.3 Å². The van der Waals surface area contributed by atoms with Crippen molar-refractivity contribution in [1.29, 1.82) is 0 Å². The van der Waals surface area contributed by atoms with Crippen LogP contribution in [0.25, 0.3) is 10.9 Å². The monoisotopic (exact) mass is 269 g/mol. The third-order valence-corrected chi connectivity index (χ3v) is 4.45. The second-order valence-electron chi connectivity index (χ2n) is 5.81. The number of aromatic nitrogens is 1. The molecule has 1 fully saturated rings. The second-order valence-corrected chi connectivity index (χ2v) is 5.81. The van der Waals surface area contributed by atoms with Crippen LogP contribution in [0.15, 0.2) is 30.3 Å². The van der Waals surface area contributed by atoms with Crippen molar-refractivity contribution in [3.63, 3.8) is 0 Å². The number of hydrogen-bond donors (Lipinski definition) is 1. The smallest absolute Gasteiger partial charge is 0.129 e. The Morgan fingerprint density at radius 1 is 1.20 bits per heavy atom. The van der Waals surface area contributed by atoms with Crippen molar-refractivity contribution >= 4 is 22.4 Å². The first-order chi connectivity index (χ1) is 9.76. The van der Waals surface area contributed by atoms with Gasteiger partial charge in [-0.3, -0.25) is 0 Å². The second kappa shape index (κ2) is 5.70. The summed E-state index contributed by atoms with van der Waals surface area (Å²) in [6.45, 7) is 4.56. The molecule has 0 aliphatic carbocycles. The largest absolute Gasteiger partial charge is 0.399 e. The first-order valence-corrected chi connectivity index (χ1v) is 7.67. The Morgan fingerprint density at radius 3 is 2.95 bits per heavy atom. The molecule has 1 aliphatic heterocycles. The Morgan fingerprint density at radius 2 is 2.10 bits per heavy atom. The highest BCUT2D eigenvalue weighted by Crippen LogP contribution is 2.25. The van der Waals surface area contributed by atoms with Gasteiger partial charge in [-0.05, 0) is 55.5 Å². The van der Waals surface area contributed by atoms with Crippen molar-refractivity contribution in [3.8, 4) is 0 Å². The number of nitrogen functional groups attached to an aromatic ring is 1. The van der Waals surface area contributed by atoms with Crippen LogP contribution in [0, 0.1) is 5.92 Å². The van der Waals surface area contributed by atoms with Crippen LogP contribution < -0.4 is 10.6 Å². The number of nitrogens with two attached hydrogens (primary N) is 1. The standard InChI is InChI=1S/C17H23N3/c1-2-13-4-3-10-20(11-9-13)17-8-5-14-12-15(18)6-7-16(14)19-17/h5-8,12-13H,2-4,9-11,18H2,1H3. The van der Waals surface area contributed by atoms with Gasteiger partial charge in [0.15, 0.2) is 0 Å². The summed E-state index contributed by atoms with van der Waals surface area (Å²) in [5.74, 6) is 2.00. The predicted octanol–water partition coefficient (Wildman–Crippen LogP) is 3.83. The van der Waals surface area contributed by atoms with Crippen molar-refractivity contribution in [2.45, 2.75) is 32.6 Å². The van der Waals surface area contributed by atoms with Crippen LogP contribution in [-0.2, 0) is 0 Å². The van der Waals surface area contributed by atoms with Crippen LogP contribution in [0.4, 0.5) is 11.5 Å². The van der Waals surface area contributed by atoms with Gasteiger partial charge in [-0.25, -0.2) is 4.98 Å². The lowest BCUT2D eigenvalue weighted by Gasteiger charge is -2.22. The molecule has 3 heteroatoms.